The second-order valence-corrected chi connectivity index (χ2v) is 4.77. The average molecular weight is 280 g/mol. The van der Waals surface area contributed by atoms with Crippen LogP contribution >= 0.6 is 0 Å². The summed E-state index contributed by atoms with van der Waals surface area (Å²) in [5, 5.41) is 10.9. The maximum absolute atomic E-state index is 12.0. The number of rotatable bonds is 3. The summed E-state index contributed by atoms with van der Waals surface area (Å²) < 4.78 is 1.59. The second kappa shape index (κ2) is 4.86. The minimum atomic E-state index is -0.467. The van der Waals surface area contributed by atoms with Gasteiger partial charge >= 0.3 is 0 Å². The number of carbonyl (C=O) groups excluding carboxylic acids is 1. The molecule has 0 fully saturated rings. The number of fused-ring (bicyclic) bond motifs is 1. The van der Waals surface area contributed by atoms with Crippen LogP contribution in [-0.4, -0.2) is 15.1 Å². The molecule has 2 heterocycles. The van der Waals surface area contributed by atoms with Crippen LogP contribution in [-0.2, 0) is 0 Å². The van der Waals surface area contributed by atoms with Crippen molar-refractivity contribution in [3.05, 3.63) is 70.5 Å². The number of Topliss-reactive ketones (excluding diaryl/α,β-unsaturated/α-hetero) is 1. The number of nitrogens with zero attached hydrogens (tertiary/aromatic N) is 2. The number of nitro groups is 1. The predicted molar refractivity (Wildman–Crippen MR) is 79.5 cm³/mol. The topological polar surface area (TPSA) is 64.6 Å². The zero-order valence-electron chi connectivity index (χ0n) is 11.3. The summed E-state index contributed by atoms with van der Waals surface area (Å²) in [6.07, 6.45) is 1.39. The monoisotopic (exact) mass is 280 g/mol. The Kier molecular flexibility index (Phi) is 3.02. The molecule has 3 aromatic rings. The quantitative estimate of drug-likeness (QED) is 0.417. The molecule has 21 heavy (non-hydrogen) atoms. The summed E-state index contributed by atoms with van der Waals surface area (Å²) in [5.41, 5.74) is 2.86. The Hall–Kier alpha value is -2.95. The van der Waals surface area contributed by atoms with E-state index in [2.05, 4.69) is 0 Å². The fourth-order valence-electron chi connectivity index (χ4n) is 2.46. The number of pyridine rings is 1. The van der Waals surface area contributed by atoms with Gasteiger partial charge < -0.3 is 4.40 Å². The van der Waals surface area contributed by atoms with E-state index in [1.54, 1.807) is 10.5 Å². The van der Waals surface area contributed by atoms with Crippen LogP contribution in [0.1, 0.15) is 17.4 Å². The third-order valence-electron chi connectivity index (χ3n) is 3.38. The van der Waals surface area contributed by atoms with E-state index in [-0.39, 0.29) is 11.5 Å². The Bertz CT molecular complexity index is 851. The van der Waals surface area contributed by atoms with E-state index >= 15 is 0 Å². The van der Waals surface area contributed by atoms with Gasteiger partial charge in [-0.05, 0) is 17.7 Å². The third-order valence-corrected chi connectivity index (χ3v) is 3.38. The van der Waals surface area contributed by atoms with E-state index in [9.17, 15) is 14.9 Å². The molecule has 0 unspecified atom stereocenters. The molecule has 2 aromatic heterocycles. The summed E-state index contributed by atoms with van der Waals surface area (Å²) in [5.74, 6) is -0.130. The van der Waals surface area contributed by atoms with Crippen LogP contribution < -0.4 is 0 Å². The molecule has 5 nitrogen and oxygen atoms in total. The summed E-state index contributed by atoms with van der Waals surface area (Å²) in [7, 11) is 0. The molecule has 0 aliphatic rings. The van der Waals surface area contributed by atoms with Crippen molar-refractivity contribution in [3.8, 4) is 11.1 Å². The van der Waals surface area contributed by atoms with Gasteiger partial charge in [0.1, 0.15) is 0 Å². The number of hydrogen-bond acceptors (Lipinski definition) is 3. The van der Waals surface area contributed by atoms with Crippen molar-refractivity contribution in [2.75, 3.05) is 0 Å². The van der Waals surface area contributed by atoms with Gasteiger partial charge in [-0.2, -0.15) is 0 Å². The van der Waals surface area contributed by atoms with Crippen LogP contribution in [0.25, 0.3) is 16.6 Å². The number of hydrogen-bond donors (Lipinski definition) is 0. The molecule has 5 heteroatoms. The van der Waals surface area contributed by atoms with Gasteiger partial charge in [0.2, 0.25) is 0 Å². The fraction of sp³-hybridized carbons (Fsp3) is 0.0625. The molecule has 0 spiro atoms. The lowest BCUT2D eigenvalue weighted by Crippen LogP contribution is -2.01. The van der Waals surface area contributed by atoms with Gasteiger partial charge in [-0.3, -0.25) is 14.9 Å². The van der Waals surface area contributed by atoms with E-state index in [4.69, 9.17) is 0 Å². The Morgan fingerprint density at radius 1 is 1.14 bits per heavy atom. The molecule has 1 aromatic carbocycles. The second-order valence-electron chi connectivity index (χ2n) is 4.77. The summed E-state index contributed by atoms with van der Waals surface area (Å²) in [6, 6.07) is 14.5. The molecule has 0 atom stereocenters. The van der Waals surface area contributed by atoms with Crippen LogP contribution in [0.4, 0.5) is 5.69 Å². The molecule has 0 amide bonds. The van der Waals surface area contributed by atoms with Gasteiger partial charge in [0, 0.05) is 24.1 Å². The highest BCUT2D eigenvalue weighted by atomic mass is 16.6. The zero-order chi connectivity index (χ0) is 15.0. The first-order valence-corrected chi connectivity index (χ1v) is 6.44. The van der Waals surface area contributed by atoms with Crippen LogP contribution in [0.3, 0.4) is 0 Å². The molecule has 0 radical (unpaired) electrons. The summed E-state index contributed by atoms with van der Waals surface area (Å²) in [4.78, 5) is 22.4. The molecule has 0 bridgehead atoms. The first kappa shape index (κ1) is 13.1. The lowest BCUT2D eigenvalue weighted by atomic mass is 10.0. The number of aromatic nitrogens is 1. The molecule has 0 saturated heterocycles. The van der Waals surface area contributed by atoms with E-state index in [0.717, 1.165) is 16.6 Å². The Balaban J connectivity index is 2.33. The van der Waals surface area contributed by atoms with Crippen molar-refractivity contribution in [3.63, 3.8) is 0 Å². The van der Waals surface area contributed by atoms with E-state index < -0.39 is 4.92 Å². The third kappa shape index (κ3) is 2.18. The maximum atomic E-state index is 12.0. The Morgan fingerprint density at radius 2 is 1.86 bits per heavy atom. The zero-order valence-corrected chi connectivity index (χ0v) is 11.3. The molecule has 0 saturated carbocycles. The van der Waals surface area contributed by atoms with Crippen LogP contribution in [0, 0.1) is 10.1 Å². The Morgan fingerprint density at radius 3 is 2.48 bits per heavy atom. The number of carbonyl (C=O) groups is 1. The molecule has 0 N–H and O–H groups in total. The smallest absolute Gasteiger partial charge is 0.285 e. The van der Waals surface area contributed by atoms with Crippen LogP contribution in [0.2, 0.25) is 0 Å². The molecular formula is C16H12N2O3. The van der Waals surface area contributed by atoms with Crippen molar-refractivity contribution in [1.29, 1.82) is 0 Å². The first-order chi connectivity index (χ1) is 10.1. The minimum Gasteiger partial charge on any atom is -0.307 e. The Labute approximate surface area is 120 Å². The van der Waals surface area contributed by atoms with Crippen LogP contribution in [0.5, 0.6) is 0 Å². The van der Waals surface area contributed by atoms with E-state index in [1.807, 2.05) is 36.4 Å². The van der Waals surface area contributed by atoms with Crippen molar-refractivity contribution >= 4 is 17.0 Å². The minimum absolute atomic E-state index is 0.0415. The highest BCUT2D eigenvalue weighted by Crippen LogP contribution is 2.29. The van der Waals surface area contributed by atoms with Gasteiger partial charge in [0.15, 0.2) is 5.78 Å². The van der Waals surface area contributed by atoms with Gasteiger partial charge in [-0.25, -0.2) is 0 Å². The highest BCUT2D eigenvalue weighted by molar-refractivity contribution is 6.01. The van der Waals surface area contributed by atoms with Crippen molar-refractivity contribution in [1.82, 2.24) is 4.40 Å². The van der Waals surface area contributed by atoms with Gasteiger partial charge in [-0.1, -0.05) is 30.3 Å². The van der Waals surface area contributed by atoms with E-state index in [0.29, 0.717) is 5.69 Å². The normalized spacial score (nSPS) is 10.7. The summed E-state index contributed by atoms with van der Waals surface area (Å²) in [6.45, 7) is 1.47. The van der Waals surface area contributed by atoms with Gasteiger partial charge in [-0.15, -0.1) is 0 Å². The van der Waals surface area contributed by atoms with Crippen molar-refractivity contribution < 1.29 is 9.72 Å². The molecule has 0 aliphatic heterocycles. The SMILES string of the molecule is CC(=O)c1c(-c2ccccc2)cc2ccc([N+](=O)[O-])cn12. The lowest BCUT2D eigenvalue weighted by molar-refractivity contribution is -0.385. The van der Waals surface area contributed by atoms with E-state index in [1.165, 1.54) is 19.2 Å². The van der Waals surface area contributed by atoms with Gasteiger partial charge in [0.05, 0.1) is 16.8 Å². The molecule has 3 rings (SSSR count). The maximum Gasteiger partial charge on any atom is 0.285 e. The van der Waals surface area contributed by atoms with Crippen LogP contribution in [0.15, 0.2) is 54.7 Å². The van der Waals surface area contributed by atoms with Crippen molar-refractivity contribution in [2.45, 2.75) is 6.92 Å². The standard InChI is InChI=1S/C16H12N2O3/c1-11(19)16-15(12-5-3-2-4-6-12)9-13-7-8-14(18(20)21)10-17(13)16/h2-10H,1H3. The van der Waals surface area contributed by atoms with Gasteiger partial charge in [0.25, 0.3) is 5.69 Å². The lowest BCUT2D eigenvalue weighted by Gasteiger charge is -2.03. The molecular weight excluding hydrogens is 268 g/mol. The summed E-state index contributed by atoms with van der Waals surface area (Å²) >= 11 is 0. The largest absolute Gasteiger partial charge is 0.307 e. The predicted octanol–water partition coefficient (Wildman–Crippen LogP) is 3.72. The van der Waals surface area contributed by atoms with Crippen molar-refractivity contribution in [2.24, 2.45) is 0 Å². The first-order valence-electron chi connectivity index (χ1n) is 6.44. The number of benzene rings is 1. The molecule has 0 aliphatic carbocycles. The molecule has 104 valence electrons. The fourth-order valence-corrected chi connectivity index (χ4v) is 2.46. The number of ketones is 1. The average Bonchev–Trinajstić information content (AvgIpc) is 2.86. The highest BCUT2D eigenvalue weighted by Gasteiger charge is 2.17.